The Bertz CT molecular complexity index is 1260. The third-order valence-corrected chi connectivity index (χ3v) is 4.75. The van der Waals surface area contributed by atoms with Crippen molar-refractivity contribution < 1.29 is 9.53 Å². The molecule has 8 nitrogen and oxygen atoms in total. The van der Waals surface area contributed by atoms with E-state index in [1.165, 1.54) is 0 Å². The van der Waals surface area contributed by atoms with Crippen LogP contribution in [0.15, 0.2) is 54.6 Å². The largest absolute Gasteiger partial charge is 0.454 e. The second kappa shape index (κ2) is 8.53. The predicted octanol–water partition coefficient (Wildman–Crippen LogP) is 3.75. The van der Waals surface area contributed by atoms with Gasteiger partial charge in [-0.3, -0.25) is 0 Å². The molecule has 0 aliphatic carbocycles. The lowest BCUT2D eigenvalue weighted by Crippen LogP contribution is -2.17. The highest BCUT2D eigenvalue weighted by atomic mass is 35.5. The van der Waals surface area contributed by atoms with Crippen LogP contribution in [0.2, 0.25) is 5.02 Å². The average Bonchev–Trinajstić information content (AvgIpc) is 2.77. The van der Waals surface area contributed by atoms with Crippen LogP contribution in [0.3, 0.4) is 0 Å². The SMILES string of the molecule is CN(C)c1nc(N)nc(COC(=O)c2cc(-c3ccc(Cl)cc3)nc3ccccc23)n1. The molecule has 0 amide bonds. The highest BCUT2D eigenvalue weighted by molar-refractivity contribution is 6.30. The van der Waals surface area contributed by atoms with Crippen LogP contribution in [0.1, 0.15) is 16.2 Å². The Morgan fingerprint density at radius 1 is 1.03 bits per heavy atom. The van der Waals surface area contributed by atoms with E-state index in [1.807, 2.05) is 36.4 Å². The summed E-state index contributed by atoms with van der Waals surface area (Å²) in [7, 11) is 3.57. The Kier molecular flexibility index (Phi) is 5.64. The number of halogens is 1. The van der Waals surface area contributed by atoms with E-state index in [4.69, 9.17) is 22.1 Å². The zero-order valence-corrected chi connectivity index (χ0v) is 17.7. The summed E-state index contributed by atoms with van der Waals surface area (Å²) < 4.78 is 5.51. The van der Waals surface area contributed by atoms with Crippen LogP contribution in [0, 0.1) is 0 Å². The second-order valence-corrected chi connectivity index (χ2v) is 7.40. The molecule has 0 bridgehead atoms. The van der Waals surface area contributed by atoms with Gasteiger partial charge in [0.2, 0.25) is 11.9 Å². The van der Waals surface area contributed by atoms with Gasteiger partial charge < -0.3 is 15.4 Å². The quantitative estimate of drug-likeness (QED) is 0.473. The van der Waals surface area contributed by atoms with Gasteiger partial charge in [-0.2, -0.15) is 15.0 Å². The first-order valence-electron chi connectivity index (χ1n) is 9.41. The van der Waals surface area contributed by atoms with Crippen molar-refractivity contribution in [2.45, 2.75) is 6.61 Å². The molecule has 0 spiro atoms. The molecule has 31 heavy (non-hydrogen) atoms. The molecule has 4 aromatic rings. The first kappa shape index (κ1) is 20.5. The Balaban J connectivity index is 1.67. The maximum atomic E-state index is 13.0. The number of benzene rings is 2. The molecule has 0 saturated carbocycles. The van der Waals surface area contributed by atoms with Crippen molar-refractivity contribution in [3.8, 4) is 11.3 Å². The van der Waals surface area contributed by atoms with Gasteiger partial charge in [-0.05, 0) is 24.3 Å². The van der Waals surface area contributed by atoms with Gasteiger partial charge in [0, 0.05) is 30.1 Å². The summed E-state index contributed by atoms with van der Waals surface area (Å²) in [5.74, 6) is 0.196. The normalized spacial score (nSPS) is 10.8. The van der Waals surface area contributed by atoms with E-state index in [9.17, 15) is 4.79 Å². The number of ether oxygens (including phenoxy) is 1. The Morgan fingerprint density at radius 2 is 1.77 bits per heavy atom. The highest BCUT2D eigenvalue weighted by Crippen LogP contribution is 2.26. The number of para-hydroxylation sites is 1. The Labute approximate surface area is 183 Å². The van der Waals surface area contributed by atoms with Gasteiger partial charge >= 0.3 is 5.97 Å². The fraction of sp³-hybridized carbons (Fsp3) is 0.136. The number of carbonyl (C=O) groups is 1. The summed E-state index contributed by atoms with van der Waals surface area (Å²) in [5, 5.41) is 1.31. The monoisotopic (exact) mass is 434 g/mol. The van der Waals surface area contributed by atoms with Gasteiger partial charge in [-0.25, -0.2) is 9.78 Å². The topological polar surface area (TPSA) is 107 Å². The first-order chi connectivity index (χ1) is 14.9. The molecule has 2 aromatic carbocycles. The summed E-state index contributed by atoms with van der Waals surface area (Å²) in [6, 6.07) is 16.4. The van der Waals surface area contributed by atoms with Crippen LogP contribution in [0.5, 0.6) is 0 Å². The van der Waals surface area contributed by atoms with Crippen LogP contribution in [-0.2, 0) is 11.3 Å². The van der Waals surface area contributed by atoms with E-state index in [1.54, 1.807) is 37.2 Å². The van der Waals surface area contributed by atoms with Gasteiger partial charge in [0.25, 0.3) is 0 Å². The van der Waals surface area contributed by atoms with Crippen molar-refractivity contribution in [2.24, 2.45) is 0 Å². The minimum absolute atomic E-state index is 0.0594. The van der Waals surface area contributed by atoms with Crippen molar-refractivity contribution in [3.63, 3.8) is 0 Å². The number of rotatable bonds is 5. The molecule has 2 heterocycles. The van der Waals surface area contributed by atoms with E-state index in [0.29, 0.717) is 33.1 Å². The Hall–Kier alpha value is -3.78. The number of hydrogen-bond donors (Lipinski definition) is 1. The second-order valence-electron chi connectivity index (χ2n) is 6.96. The molecule has 0 atom stereocenters. The van der Waals surface area contributed by atoms with Crippen molar-refractivity contribution in [1.29, 1.82) is 0 Å². The maximum absolute atomic E-state index is 13.0. The molecule has 0 unspecified atom stereocenters. The molecule has 0 saturated heterocycles. The number of pyridine rings is 1. The van der Waals surface area contributed by atoms with Crippen LogP contribution in [0.4, 0.5) is 11.9 Å². The van der Waals surface area contributed by atoms with Crippen LogP contribution >= 0.6 is 11.6 Å². The van der Waals surface area contributed by atoms with E-state index in [-0.39, 0.29) is 18.4 Å². The molecular weight excluding hydrogens is 416 g/mol. The first-order valence-corrected chi connectivity index (χ1v) is 9.79. The van der Waals surface area contributed by atoms with Crippen molar-refractivity contribution in [2.75, 3.05) is 24.7 Å². The van der Waals surface area contributed by atoms with Crippen molar-refractivity contribution in [1.82, 2.24) is 19.9 Å². The van der Waals surface area contributed by atoms with Gasteiger partial charge in [0.05, 0.1) is 16.8 Å². The van der Waals surface area contributed by atoms with E-state index >= 15 is 0 Å². The van der Waals surface area contributed by atoms with E-state index in [2.05, 4.69) is 19.9 Å². The predicted molar refractivity (Wildman–Crippen MR) is 120 cm³/mol. The summed E-state index contributed by atoms with van der Waals surface area (Å²) in [6.07, 6.45) is 0. The molecule has 9 heteroatoms. The lowest BCUT2D eigenvalue weighted by molar-refractivity contribution is 0.0464. The lowest BCUT2D eigenvalue weighted by atomic mass is 10.0. The lowest BCUT2D eigenvalue weighted by Gasteiger charge is -2.12. The van der Waals surface area contributed by atoms with Crippen LogP contribution in [0.25, 0.3) is 22.2 Å². The number of aromatic nitrogens is 4. The average molecular weight is 435 g/mol. The van der Waals surface area contributed by atoms with Gasteiger partial charge in [0.1, 0.15) is 0 Å². The number of fused-ring (bicyclic) bond motifs is 1. The summed E-state index contributed by atoms with van der Waals surface area (Å²) in [6.45, 7) is -0.140. The van der Waals surface area contributed by atoms with E-state index in [0.717, 1.165) is 5.56 Å². The number of carbonyl (C=O) groups excluding carboxylic acids is 1. The maximum Gasteiger partial charge on any atom is 0.339 e. The molecular formula is C22H19ClN6O2. The fourth-order valence-electron chi connectivity index (χ4n) is 3.01. The van der Waals surface area contributed by atoms with Crippen LogP contribution in [-0.4, -0.2) is 40.0 Å². The van der Waals surface area contributed by atoms with Crippen molar-refractivity contribution >= 4 is 40.4 Å². The molecule has 0 aliphatic rings. The minimum atomic E-state index is -0.515. The smallest absolute Gasteiger partial charge is 0.339 e. The summed E-state index contributed by atoms with van der Waals surface area (Å²) in [5.41, 5.74) is 8.29. The number of esters is 1. The zero-order valence-electron chi connectivity index (χ0n) is 16.9. The number of nitrogen functional groups attached to an aromatic ring is 1. The van der Waals surface area contributed by atoms with Gasteiger partial charge in [-0.1, -0.05) is 41.9 Å². The number of nitrogens with two attached hydrogens (primary N) is 1. The molecule has 2 aromatic heterocycles. The Morgan fingerprint density at radius 3 is 2.52 bits per heavy atom. The third kappa shape index (κ3) is 4.54. The number of nitrogens with zero attached hydrogens (tertiary/aromatic N) is 5. The molecule has 0 aliphatic heterocycles. The fourth-order valence-corrected chi connectivity index (χ4v) is 3.14. The van der Waals surface area contributed by atoms with E-state index < -0.39 is 5.97 Å². The minimum Gasteiger partial charge on any atom is -0.454 e. The summed E-state index contributed by atoms with van der Waals surface area (Å²) >= 11 is 5.99. The molecule has 0 radical (unpaired) electrons. The number of hydrogen-bond acceptors (Lipinski definition) is 8. The zero-order chi connectivity index (χ0) is 22.0. The van der Waals surface area contributed by atoms with Crippen molar-refractivity contribution in [3.05, 3.63) is 71.0 Å². The third-order valence-electron chi connectivity index (χ3n) is 4.50. The summed E-state index contributed by atoms with van der Waals surface area (Å²) in [4.78, 5) is 31.7. The molecule has 0 fully saturated rings. The van der Waals surface area contributed by atoms with Crippen LogP contribution < -0.4 is 10.6 Å². The number of anilines is 2. The molecule has 156 valence electrons. The van der Waals surface area contributed by atoms with Gasteiger partial charge in [-0.15, -0.1) is 0 Å². The molecule has 4 rings (SSSR count). The molecule has 2 N–H and O–H groups in total. The standard InChI is InChI=1S/C22H19ClN6O2/c1-29(2)22-27-19(26-21(24)28-22)12-31-20(30)16-11-18(13-7-9-14(23)10-8-13)25-17-6-4-3-5-15(16)17/h3-11H,12H2,1-2H3,(H2,24,26,27,28). The van der Waals surface area contributed by atoms with Gasteiger partial charge in [0.15, 0.2) is 12.4 Å². The highest BCUT2D eigenvalue weighted by Gasteiger charge is 2.16.